The summed E-state index contributed by atoms with van der Waals surface area (Å²) in [6.07, 6.45) is 0.830. The molecule has 0 bridgehead atoms. The fraction of sp³-hybridized carbons (Fsp3) is 0.125. The van der Waals surface area contributed by atoms with Crippen LogP contribution in [-0.4, -0.2) is 17.6 Å². The lowest BCUT2D eigenvalue weighted by atomic mass is 10.1. The third kappa shape index (κ3) is 1.99. The highest BCUT2D eigenvalue weighted by Gasteiger charge is 2.21. The smallest absolute Gasteiger partial charge is 0.335 e. The Labute approximate surface area is 116 Å². The third-order valence-electron chi connectivity index (χ3n) is 3.53. The highest BCUT2D eigenvalue weighted by Crippen LogP contribution is 2.35. The van der Waals surface area contributed by atoms with Gasteiger partial charge in [0.1, 0.15) is 0 Å². The predicted molar refractivity (Wildman–Crippen MR) is 75.3 cm³/mol. The molecule has 0 unspecified atom stereocenters. The Balaban J connectivity index is 1.96. The summed E-state index contributed by atoms with van der Waals surface area (Å²) in [5.74, 6) is -0.898. The lowest BCUT2D eigenvalue weighted by Crippen LogP contribution is -2.13. The summed E-state index contributed by atoms with van der Waals surface area (Å²) < 4.78 is 0. The maximum Gasteiger partial charge on any atom is 0.335 e. The molecule has 0 radical (unpaired) electrons. The second kappa shape index (κ2) is 4.71. The molecule has 1 heterocycles. The van der Waals surface area contributed by atoms with Gasteiger partial charge in [-0.3, -0.25) is 0 Å². The summed E-state index contributed by atoms with van der Waals surface area (Å²) in [5, 5.41) is 17.8. The van der Waals surface area contributed by atoms with E-state index in [0.29, 0.717) is 11.1 Å². The van der Waals surface area contributed by atoms with Crippen LogP contribution < -0.4 is 4.90 Å². The molecule has 0 aliphatic carbocycles. The Morgan fingerprint density at radius 1 is 1.20 bits per heavy atom. The van der Waals surface area contributed by atoms with Gasteiger partial charge in [-0.25, -0.2) is 4.79 Å². The maximum atomic E-state index is 11.0. The van der Waals surface area contributed by atoms with E-state index in [0.717, 1.165) is 29.9 Å². The van der Waals surface area contributed by atoms with Gasteiger partial charge < -0.3 is 10.0 Å². The first-order valence-electron chi connectivity index (χ1n) is 6.33. The molecule has 3 rings (SSSR count). The van der Waals surface area contributed by atoms with Gasteiger partial charge in [0.15, 0.2) is 0 Å². The SMILES string of the molecule is N#Cc1ccc(N2CCc3cc(C(=O)O)ccc32)cc1. The van der Waals surface area contributed by atoms with Crippen molar-refractivity contribution in [2.24, 2.45) is 0 Å². The van der Waals surface area contributed by atoms with Gasteiger partial charge in [0.25, 0.3) is 0 Å². The molecule has 20 heavy (non-hydrogen) atoms. The number of carboxylic acids is 1. The van der Waals surface area contributed by atoms with Crippen LogP contribution in [0.5, 0.6) is 0 Å². The minimum Gasteiger partial charge on any atom is -0.478 e. The molecule has 0 saturated heterocycles. The van der Waals surface area contributed by atoms with Crippen molar-refractivity contribution >= 4 is 17.3 Å². The largest absolute Gasteiger partial charge is 0.478 e. The summed E-state index contributed by atoms with van der Waals surface area (Å²) in [5.41, 5.74) is 4.07. The van der Waals surface area contributed by atoms with Crippen LogP contribution in [0.3, 0.4) is 0 Å². The quantitative estimate of drug-likeness (QED) is 0.905. The van der Waals surface area contributed by atoms with E-state index in [2.05, 4.69) is 11.0 Å². The number of rotatable bonds is 2. The lowest BCUT2D eigenvalue weighted by molar-refractivity contribution is 0.0697. The molecule has 0 atom stereocenters. The van der Waals surface area contributed by atoms with Crippen LogP contribution in [0.25, 0.3) is 0 Å². The second-order valence-corrected chi connectivity index (χ2v) is 4.71. The number of anilines is 2. The number of aromatic carboxylic acids is 1. The number of hydrogen-bond acceptors (Lipinski definition) is 3. The van der Waals surface area contributed by atoms with Crippen LogP contribution in [0.4, 0.5) is 11.4 Å². The van der Waals surface area contributed by atoms with Gasteiger partial charge in [0.05, 0.1) is 17.2 Å². The number of benzene rings is 2. The van der Waals surface area contributed by atoms with Gasteiger partial charge >= 0.3 is 5.97 Å². The summed E-state index contributed by atoms with van der Waals surface area (Å²) in [6, 6.07) is 14.7. The molecule has 0 fully saturated rings. The molecule has 2 aromatic rings. The topological polar surface area (TPSA) is 64.3 Å². The molecule has 0 aromatic heterocycles. The Kier molecular flexibility index (Phi) is 2.88. The van der Waals surface area contributed by atoms with Crippen LogP contribution in [0.1, 0.15) is 21.5 Å². The fourth-order valence-corrected chi connectivity index (χ4v) is 2.52. The van der Waals surface area contributed by atoms with Crippen molar-refractivity contribution in [2.45, 2.75) is 6.42 Å². The Hall–Kier alpha value is -2.80. The molecular weight excluding hydrogens is 252 g/mol. The van der Waals surface area contributed by atoms with Crippen LogP contribution >= 0.6 is 0 Å². The van der Waals surface area contributed by atoms with E-state index in [9.17, 15) is 4.79 Å². The van der Waals surface area contributed by atoms with Gasteiger partial charge in [-0.1, -0.05) is 0 Å². The zero-order valence-electron chi connectivity index (χ0n) is 10.7. The lowest BCUT2D eigenvalue weighted by Gasteiger charge is -2.19. The molecule has 2 aromatic carbocycles. The van der Waals surface area contributed by atoms with Gasteiger partial charge in [-0.05, 0) is 54.4 Å². The molecule has 1 N–H and O–H groups in total. The van der Waals surface area contributed by atoms with Crippen LogP contribution in [-0.2, 0) is 6.42 Å². The van der Waals surface area contributed by atoms with Gasteiger partial charge in [0.2, 0.25) is 0 Å². The predicted octanol–water partition coefficient (Wildman–Crippen LogP) is 2.95. The van der Waals surface area contributed by atoms with Crippen molar-refractivity contribution in [3.05, 3.63) is 59.2 Å². The van der Waals surface area contributed by atoms with Gasteiger partial charge in [-0.2, -0.15) is 5.26 Å². The second-order valence-electron chi connectivity index (χ2n) is 4.71. The standard InChI is InChI=1S/C16H12N2O2/c17-10-11-1-4-14(5-2-11)18-8-7-12-9-13(16(19)20)3-6-15(12)18/h1-6,9H,7-8H2,(H,19,20). The number of nitrogens with zero attached hydrogens (tertiary/aromatic N) is 2. The average Bonchev–Trinajstić information content (AvgIpc) is 2.90. The third-order valence-corrected chi connectivity index (χ3v) is 3.53. The van der Waals surface area contributed by atoms with Gasteiger partial charge in [0, 0.05) is 17.9 Å². The molecule has 0 amide bonds. The molecule has 0 spiro atoms. The number of carbonyl (C=O) groups is 1. The molecular formula is C16H12N2O2. The molecule has 4 nitrogen and oxygen atoms in total. The first-order valence-corrected chi connectivity index (χ1v) is 6.33. The minimum atomic E-state index is -0.898. The zero-order chi connectivity index (χ0) is 14.1. The van der Waals surface area contributed by atoms with Crippen molar-refractivity contribution in [1.29, 1.82) is 5.26 Å². The molecule has 0 saturated carbocycles. The van der Waals surface area contributed by atoms with Crippen molar-refractivity contribution in [3.63, 3.8) is 0 Å². The van der Waals surface area contributed by atoms with Crippen molar-refractivity contribution in [3.8, 4) is 6.07 Å². The molecule has 4 heteroatoms. The van der Waals surface area contributed by atoms with E-state index in [-0.39, 0.29) is 0 Å². The molecule has 1 aliphatic rings. The Bertz CT molecular complexity index is 714. The van der Waals surface area contributed by atoms with E-state index in [1.165, 1.54) is 0 Å². The van der Waals surface area contributed by atoms with Crippen molar-refractivity contribution in [2.75, 3.05) is 11.4 Å². The molecule has 1 aliphatic heterocycles. The monoisotopic (exact) mass is 264 g/mol. The Morgan fingerprint density at radius 2 is 1.95 bits per heavy atom. The van der Waals surface area contributed by atoms with Crippen molar-refractivity contribution in [1.82, 2.24) is 0 Å². The van der Waals surface area contributed by atoms with E-state index < -0.39 is 5.97 Å². The summed E-state index contributed by atoms with van der Waals surface area (Å²) in [6.45, 7) is 0.824. The Morgan fingerprint density at radius 3 is 2.60 bits per heavy atom. The zero-order valence-corrected chi connectivity index (χ0v) is 10.7. The summed E-state index contributed by atoms with van der Waals surface area (Å²) >= 11 is 0. The van der Waals surface area contributed by atoms with E-state index in [1.807, 2.05) is 18.2 Å². The summed E-state index contributed by atoms with van der Waals surface area (Å²) in [7, 11) is 0. The minimum absolute atomic E-state index is 0.324. The number of fused-ring (bicyclic) bond motifs is 1. The summed E-state index contributed by atoms with van der Waals surface area (Å²) in [4.78, 5) is 13.1. The number of carboxylic acid groups (broad SMARTS) is 1. The molecule has 98 valence electrons. The van der Waals surface area contributed by atoms with E-state index in [4.69, 9.17) is 10.4 Å². The number of hydrogen-bond donors (Lipinski definition) is 1. The van der Waals surface area contributed by atoms with Crippen molar-refractivity contribution < 1.29 is 9.90 Å². The van der Waals surface area contributed by atoms with Crippen LogP contribution in [0, 0.1) is 11.3 Å². The van der Waals surface area contributed by atoms with E-state index >= 15 is 0 Å². The average molecular weight is 264 g/mol. The van der Waals surface area contributed by atoms with E-state index in [1.54, 1.807) is 24.3 Å². The highest BCUT2D eigenvalue weighted by molar-refractivity contribution is 5.89. The first-order chi connectivity index (χ1) is 9.69. The fourth-order valence-electron chi connectivity index (χ4n) is 2.52. The number of nitriles is 1. The van der Waals surface area contributed by atoms with Crippen LogP contribution in [0.15, 0.2) is 42.5 Å². The first kappa shape index (κ1) is 12.2. The normalized spacial score (nSPS) is 12.8. The maximum absolute atomic E-state index is 11.0. The highest BCUT2D eigenvalue weighted by atomic mass is 16.4. The van der Waals surface area contributed by atoms with Crippen LogP contribution in [0.2, 0.25) is 0 Å². The van der Waals surface area contributed by atoms with Gasteiger partial charge in [-0.15, -0.1) is 0 Å².